The summed E-state index contributed by atoms with van der Waals surface area (Å²) in [7, 11) is 3.12. The Labute approximate surface area is 207 Å². The molecule has 0 saturated heterocycles. The molecule has 35 heavy (non-hydrogen) atoms. The van der Waals surface area contributed by atoms with Crippen LogP contribution in [-0.2, 0) is 9.53 Å². The number of allylic oxidation sites excluding steroid dienone is 1. The number of methoxy groups -OCH3 is 2. The summed E-state index contributed by atoms with van der Waals surface area (Å²) in [4.78, 5) is 30.5. The van der Waals surface area contributed by atoms with Gasteiger partial charge >= 0.3 is 0 Å². The summed E-state index contributed by atoms with van der Waals surface area (Å²) < 4.78 is 10.5. The molecule has 0 saturated carbocycles. The van der Waals surface area contributed by atoms with Gasteiger partial charge in [-0.1, -0.05) is 20.8 Å². The van der Waals surface area contributed by atoms with Crippen LogP contribution in [0.5, 0.6) is 5.75 Å². The van der Waals surface area contributed by atoms with E-state index in [9.17, 15) is 4.79 Å². The zero-order valence-corrected chi connectivity index (χ0v) is 21.7. The topological polar surface area (TPSA) is 125 Å². The molecule has 2 aromatic rings. The maximum absolute atomic E-state index is 12.1. The number of hydrogen-bond donors (Lipinski definition) is 2. The number of Topliss-reactive ketones (excluding diaryl/α,β-unsaturated/α-hetero) is 1. The number of aromatic nitrogens is 3. The molecule has 2 aromatic heterocycles. The Bertz CT molecular complexity index is 1140. The van der Waals surface area contributed by atoms with Crippen molar-refractivity contribution in [3.05, 3.63) is 35.8 Å². The maximum atomic E-state index is 12.1. The van der Waals surface area contributed by atoms with Gasteiger partial charge in [0.15, 0.2) is 17.4 Å². The maximum Gasteiger partial charge on any atom is 0.223 e. The van der Waals surface area contributed by atoms with E-state index in [1.54, 1.807) is 33.5 Å². The lowest BCUT2D eigenvalue weighted by Gasteiger charge is -2.18. The van der Waals surface area contributed by atoms with Crippen LogP contribution in [0.15, 0.2) is 29.5 Å². The van der Waals surface area contributed by atoms with Crippen molar-refractivity contribution in [2.75, 3.05) is 25.3 Å². The Kier molecular flexibility index (Phi) is 8.22. The van der Waals surface area contributed by atoms with Crippen molar-refractivity contribution < 1.29 is 14.3 Å². The van der Waals surface area contributed by atoms with E-state index in [0.29, 0.717) is 42.5 Å². The van der Waals surface area contributed by atoms with Gasteiger partial charge in [0.2, 0.25) is 5.95 Å². The summed E-state index contributed by atoms with van der Waals surface area (Å²) in [5.41, 5.74) is 10.3. The number of nitrogens with one attached hydrogen (secondary N) is 1. The zero-order valence-electron chi connectivity index (χ0n) is 21.7. The van der Waals surface area contributed by atoms with Crippen LogP contribution in [0.4, 0.5) is 11.8 Å². The van der Waals surface area contributed by atoms with Gasteiger partial charge in [0.1, 0.15) is 6.10 Å². The molecule has 0 amide bonds. The SMILES string of the molecule is COc1cc(C2=C(c3ccnc(N[C@@H](C)CCC(=O)[C@H](C)OC)n3)N=C(C(C)(C)C)C2)cnc1N. The first-order valence-corrected chi connectivity index (χ1v) is 11.8. The molecule has 188 valence electrons. The van der Waals surface area contributed by atoms with Gasteiger partial charge < -0.3 is 20.5 Å². The van der Waals surface area contributed by atoms with E-state index in [0.717, 1.165) is 22.5 Å². The average molecular weight is 481 g/mol. The third-order valence-corrected chi connectivity index (χ3v) is 6.10. The second-order valence-corrected chi connectivity index (χ2v) is 9.82. The molecular formula is C26H36N6O3. The fraction of sp³-hybridized carbons (Fsp3) is 0.500. The molecule has 0 spiro atoms. The molecule has 1 aliphatic rings. The van der Waals surface area contributed by atoms with Crippen molar-refractivity contribution in [2.24, 2.45) is 10.4 Å². The third kappa shape index (κ3) is 6.42. The number of pyridine rings is 1. The highest BCUT2D eigenvalue weighted by molar-refractivity contribution is 6.11. The molecule has 0 radical (unpaired) electrons. The van der Waals surface area contributed by atoms with Crippen LogP contribution in [0.2, 0.25) is 0 Å². The van der Waals surface area contributed by atoms with E-state index in [1.807, 2.05) is 19.1 Å². The molecule has 3 N–H and O–H groups in total. The minimum absolute atomic E-state index is 0.00878. The number of nitrogens with two attached hydrogens (primary N) is 1. The first-order chi connectivity index (χ1) is 16.5. The van der Waals surface area contributed by atoms with Crippen molar-refractivity contribution in [3.8, 4) is 5.75 Å². The van der Waals surface area contributed by atoms with Gasteiger partial charge in [0.25, 0.3) is 0 Å². The van der Waals surface area contributed by atoms with Crippen LogP contribution in [-0.4, -0.2) is 52.8 Å². The van der Waals surface area contributed by atoms with Gasteiger partial charge in [-0.2, -0.15) is 0 Å². The van der Waals surface area contributed by atoms with Crippen molar-refractivity contribution in [2.45, 2.75) is 66.0 Å². The van der Waals surface area contributed by atoms with Gasteiger partial charge in [-0.05, 0) is 38.0 Å². The van der Waals surface area contributed by atoms with Crippen LogP contribution in [0.25, 0.3) is 11.3 Å². The molecule has 3 rings (SSSR count). The highest BCUT2D eigenvalue weighted by Crippen LogP contribution is 2.40. The predicted molar refractivity (Wildman–Crippen MR) is 139 cm³/mol. The molecule has 0 aromatic carbocycles. The number of aliphatic imine (C=N–C) groups is 1. The Morgan fingerprint density at radius 1 is 1.23 bits per heavy atom. The first kappa shape index (κ1) is 26.3. The lowest BCUT2D eigenvalue weighted by molar-refractivity contribution is -0.127. The molecule has 3 heterocycles. The lowest BCUT2D eigenvalue weighted by atomic mass is 9.86. The number of ketones is 1. The van der Waals surface area contributed by atoms with Gasteiger partial charge in [-0.25, -0.2) is 15.0 Å². The van der Waals surface area contributed by atoms with E-state index in [2.05, 4.69) is 36.1 Å². The highest BCUT2D eigenvalue weighted by atomic mass is 16.5. The average Bonchev–Trinajstić information content (AvgIpc) is 3.29. The summed E-state index contributed by atoms with van der Waals surface area (Å²) in [5, 5.41) is 3.30. The van der Waals surface area contributed by atoms with Crippen molar-refractivity contribution in [1.82, 2.24) is 15.0 Å². The number of carbonyl (C=O) groups excluding carboxylic acids is 1. The van der Waals surface area contributed by atoms with Gasteiger partial charge in [0.05, 0.1) is 18.5 Å². The summed E-state index contributed by atoms with van der Waals surface area (Å²) in [6.45, 7) is 10.2. The fourth-order valence-corrected chi connectivity index (χ4v) is 3.71. The minimum Gasteiger partial charge on any atom is -0.493 e. The lowest BCUT2D eigenvalue weighted by Crippen LogP contribution is -2.23. The second kappa shape index (κ2) is 10.9. The van der Waals surface area contributed by atoms with Gasteiger partial charge in [0, 0.05) is 55.1 Å². The largest absolute Gasteiger partial charge is 0.493 e. The monoisotopic (exact) mass is 480 g/mol. The first-order valence-electron chi connectivity index (χ1n) is 11.8. The minimum atomic E-state index is -0.397. The van der Waals surface area contributed by atoms with Crippen LogP contribution >= 0.6 is 0 Å². The Hall–Kier alpha value is -3.33. The van der Waals surface area contributed by atoms with Crippen molar-refractivity contribution in [3.63, 3.8) is 0 Å². The molecule has 2 atom stereocenters. The molecule has 0 unspecified atom stereocenters. The van der Waals surface area contributed by atoms with E-state index < -0.39 is 6.10 Å². The number of nitrogens with zero attached hydrogens (tertiary/aromatic N) is 4. The summed E-state index contributed by atoms with van der Waals surface area (Å²) in [5.74, 6) is 1.43. The number of ether oxygens (including phenoxy) is 2. The normalized spacial score (nSPS) is 15.6. The number of nitrogen functional groups attached to an aromatic ring is 1. The number of anilines is 2. The predicted octanol–water partition coefficient (Wildman–Crippen LogP) is 4.41. The molecular weight excluding hydrogens is 444 g/mol. The molecule has 0 aliphatic carbocycles. The molecule has 9 heteroatoms. The van der Waals surface area contributed by atoms with Crippen LogP contribution in [0.1, 0.15) is 65.1 Å². The fourth-order valence-electron chi connectivity index (χ4n) is 3.71. The third-order valence-electron chi connectivity index (χ3n) is 6.10. The summed E-state index contributed by atoms with van der Waals surface area (Å²) >= 11 is 0. The Balaban J connectivity index is 1.89. The van der Waals surface area contributed by atoms with Gasteiger partial charge in [-0.15, -0.1) is 0 Å². The highest BCUT2D eigenvalue weighted by Gasteiger charge is 2.29. The van der Waals surface area contributed by atoms with Crippen LogP contribution in [0, 0.1) is 5.41 Å². The molecule has 9 nitrogen and oxygen atoms in total. The zero-order chi connectivity index (χ0) is 25.8. The summed E-state index contributed by atoms with van der Waals surface area (Å²) in [6.07, 6.45) is 4.81. The number of rotatable bonds is 10. The van der Waals surface area contributed by atoms with Crippen molar-refractivity contribution in [1.29, 1.82) is 0 Å². The van der Waals surface area contributed by atoms with Crippen LogP contribution in [0.3, 0.4) is 0 Å². The smallest absolute Gasteiger partial charge is 0.223 e. The molecule has 1 aliphatic heterocycles. The van der Waals surface area contributed by atoms with Crippen LogP contribution < -0.4 is 15.8 Å². The standard InChI is InChI=1S/C26H36N6O3/c1-15(8-9-20(33)16(2)34-6)30-25-28-11-10-19(31-25)23-18(13-22(32-23)26(3,4)5)17-12-21(35-7)24(27)29-14-17/h10-12,14-16H,8-9,13H2,1-7H3,(H2,27,29)(H,28,30,31)/t15-,16-/m0/s1. The van der Waals surface area contributed by atoms with Crippen molar-refractivity contribution >= 4 is 34.5 Å². The summed E-state index contributed by atoms with van der Waals surface area (Å²) in [6, 6.07) is 3.75. The van der Waals surface area contributed by atoms with E-state index in [-0.39, 0.29) is 17.2 Å². The Morgan fingerprint density at radius 3 is 2.63 bits per heavy atom. The molecule has 0 bridgehead atoms. The number of hydrogen-bond acceptors (Lipinski definition) is 9. The van der Waals surface area contributed by atoms with E-state index in [1.165, 1.54) is 0 Å². The quantitative estimate of drug-likeness (QED) is 0.512. The second-order valence-electron chi connectivity index (χ2n) is 9.82. The van der Waals surface area contributed by atoms with Gasteiger partial charge in [-0.3, -0.25) is 9.79 Å². The van der Waals surface area contributed by atoms with E-state index >= 15 is 0 Å². The molecule has 0 fully saturated rings. The number of carbonyl (C=O) groups is 1. The van der Waals surface area contributed by atoms with E-state index in [4.69, 9.17) is 25.2 Å². The Morgan fingerprint density at radius 2 is 1.97 bits per heavy atom.